The zero-order valence-corrected chi connectivity index (χ0v) is 23.8. The lowest BCUT2D eigenvalue weighted by Crippen LogP contribution is -2.55. The second-order valence-corrected chi connectivity index (χ2v) is 11.2. The van der Waals surface area contributed by atoms with Gasteiger partial charge < -0.3 is 14.2 Å². The summed E-state index contributed by atoms with van der Waals surface area (Å²) in [6.45, 7) is 5.70. The van der Waals surface area contributed by atoms with E-state index in [1.54, 1.807) is 28.8 Å². The Labute approximate surface area is 239 Å². The van der Waals surface area contributed by atoms with Crippen LogP contribution >= 0.6 is 11.8 Å². The number of furan rings is 1. The molecule has 40 heavy (non-hydrogen) atoms. The molecule has 1 aliphatic rings. The predicted molar refractivity (Wildman–Crippen MR) is 156 cm³/mol. The molecule has 8 nitrogen and oxygen atoms in total. The van der Waals surface area contributed by atoms with E-state index in [2.05, 4.69) is 46.0 Å². The highest BCUT2D eigenvalue weighted by molar-refractivity contribution is 7.99. The first-order valence-electron chi connectivity index (χ1n) is 13.8. The van der Waals surface area contributed by atoms with Crippen LogP contribution in [-0.2, 0) is 11.2 Å². The number of benzene rings is 2. The highest BCUT2D eigenvalue weighted by atomic mass is 32.2. The molecule has 208 valence electrons. The summed E-state index contributed by atoms with van der Waals surface area (Å²) in [7, 11) is 0. The minimum Gasteiger partial charge on any atom is -0.459 e. The van der Waals surface area contributed by atoms with Crippen LogP contribution in [0.4, 0.5) is 0 Å². The van der Waals surface area contributed by atoms with Gasteiger partial charge in [0.25, 0.3) is 5.91 Å². The minimum atomic E-state index is -0.118. The molecule has 1 atom stereocenters. The van der Waals surface area contributed by atoms with Gasteiger partial charge in [0.05, 0.1) is 12.0 Å². The van der Waals surface area contributed by atoms with Gasteiger partial charge in [-0.15, -0.1) is 10.2 Å². The molecule has 0 N–H and O–H groups in total. The van der Waals surface area contributed by atoms with Crippen LogP contribution in [0.1, 0.15) is 53.7 Å². The minimum absolute atomic E-state index is 0.0521. The molecule has 0 spiro atoms. The molecule has 2 amide bonds. The molecular formula is C31H35N5O3S. The van der Waals surface area contributed by atoms with Gasteiger partial charge in [-0.1, -0.05) is 60.3 Å². The van der Waals surface area contributed by atoms with E-state index < -0.39 is 0 Å². The van der Waals surface area contributed by atoms with Crippen LogP contribution in [0.15, 0.2) is 82.6 Å². The maximum atomic E-state index is 12.9. The number of carbonyl (C=O) groups is 2. The second kappa shape index (κ2) is 13.0. The molecule has 1 unspecified atom stereocenters. The molecule has 3 heterocycles. The second-order valence-electron chi connectivity index (χ2n) is 10.2. The number of aromatic nitrogens is 3. The van der Waals surface area contributed by atoms with Crippen molar-refractivity contribution in [3.05, 3.63) is 95.7 Å². The first kappa shape index (κ1) is 27.7. The van der Waals surface area contributed by atoms with E-state index in [-0.39, 0.29) is 17.9 Å². The third-order valence-corrected chi connectivity index (χ3v) is 8.27. The maximum Gasteiger partial charge on any atom is 0.289 e. The number of amides is 2. The number of unbranched alkanes of at least 4 members (excludes halogenated alkanes) is 1. The van der Waals surface area contributed by atoms with Crippen LogP contribution in [0.5, 0.6) is 0 Å². The third kappa shape index (κ3) is 6.47. The van der Waals surface area contributed by atoms with Gasteiger partial charge >= 0.3 is 0 Å². The molecule has 2 aromatic carbocycles. The fraction of sp³-hybridized carbons (Fsp3) is 0.355. The van der Waals surface area contributed by atoms with Crippen molar-refractivity contribution in [2.75, 3.05) is 25.4 Å². The van der Waals surface area contributed by atoms with Crippen molar-refractivity contribution >= 4 is 23.6 Å². The van der Waals surface area contributed by atoms with Crippen LogP contribution in [0.25, 0.3) is 5.69 Å². The monoisotopic (exact) mass is 557 g/mol. The molecule has 1 fully saturated rings. The van der Waals surface area contributed by atoms with Crippen LogP contribution in [-0.4, -0.2) is 67.8 Å². The number of nitrogens with zero attached hydrogens (tertiary/aromatic N) is 5. The fourth-order valence-electron chi connectivity index (χ4n) is 5.07. The van der Waals surface area contributed by atoms with E-state index >= 15 is 0 Å². The number of aryl methyl sites for hydroxylation is 1. The van der Waals surface area contributed by atoms with Crippen LogP contribution in [0.2, 0.25) is 0 Å². The molecule has 2 aromatic heterocycles. The van der Waals surface area contributed by atoms with Gasteiger partial charge in [-0.25, -0.2) is 0 Å². The van der Waals surface area contributed by atoms with Gasteiger partial charge in [0.1, 0.15) is 5.82 Å². The molecule has 1 aliphatic heterocycles. The molecule has 9 heteroatoms. The first-order valence-corrected chi connectivity index (χ1v) is 14.8. The lowest BCUT2D eigenvalue weighted by Gasteiger charge is -2.39. The zero-order valence-electron chi connectivity index (χ0n) is 23.0. The Morgan fingerprint density at radius 1 is 0.975 bits per heavy atom. The van der Waals surface area contributed by atoms with Crippen LogP contribution in [0.3, 0.4) is 0 Å². The van der Waals surface area contributed by atoms with Crippen molar-refractivity contribution in [1.82, 2.24) is 24.6 Å². The highest BCUT2D eigenvalue weighted by Gasteiger charge is 2.31. The van der Waals surface area contributed by atoms with Crippen LogP contribution < -0.4 is 0 Å². The van der Waals surface area contributed by atoms with E-state index in [0.29, 0.717) is 38.2 Å². The number of carbonyl (C=O) groups excluding carboxylic acids is 2. The standard InChI is InChI=1S/C31H35N5O3S/c1-23-11-6-7-14-26(23)36-28(21-25-12-4-3-5-13-25)32-33-31(36)40-20-9-8-16-29(37)34-17-18-35(24(2)22-34)30(38)27-15-10-19-39-27/h3-7,10-15,19,24H,8-9,16-18,20-22H2,1-2H3. The van der Waals surface area contributed by atoms with Crippen molar-refractivity contribution in [1.29, 1.82) is 0 Å². The van der Waals surface area contributed by atoms with Gasteiger partial charge in [0.15, 0.2) is 10.9 Å². The quantitative estimate of drug-likeness (QED) is 0.192. The average molecular weight is 558 g/mol. The molecule has 1 saturated heterocycles. The number of para-hydroxylation sites is 1. The zero-order chi connectivity index (χ0) is 27.9. The highest BCUT2D eigenvalue weighted by Crippen LogP contribution is 2.26. The van der Waals surface area contributed by atoms with E-state index in [0.717, 1.165) is 35.3 Å². The smallest absolute Gasteiger partial charge is 0.289 e. The summed E-state index contributed by atoms with van der Waals surface area (Å²) >= 11 is 1.68. The molecule has 0 radical (unpaired) electrons. The molecule has 0 bridgehead atoms. The van der Waals surface area contributed by atoms with Crippen molar-refractivity contribution in [3.63, 3.8) is 0 Å². The Balaban J connectivity index is 1.13. The summed E-state index contributed by atoms with van der Waals surface area (Å²) in [4.78, 5) is 29.2. The van der Waals surface area contributed by atoms with Crippen molar-refractivity contribution in [2.45, 2.75) is 50.7 Å². The fourth-order valence-corrected chi connectivity index (χ4v) is 6.03. The number of hydrogen-bond donors (Lipinski definition) is 0. The lowest BCUT2D eigenvalue weighted by atomic mass is 10.1. The average Bonchev–Trinajstić information content (AvgIpc) is 3.64. The number of thioether (sulfide) groups is 1. The SMILES string of the molecule is Cc1ccccc1-n1c(Cc2ccccc2)nnc1SCCCCC(=O)N1CCN(C(=O)c2ccco2)C(C)C1. The summed E-state index contributed by atoms with van der Waals surface area (Å²) in [5, 5.41) is 9.98. The lowest BCUT2D eigenvalue weighted by molar-refractivity contribution is -0.133. The maximum absolute atomic E-state index is 12.9. The van der Waals surface area contributed by atoms with E-state index in [4.69, 9.17) is 4.42 Å². The van der Waals surface area contributed by atoms with Gasteiger partial charge in [-0.05, 0) is 56.0 Å². The number of hydrogen-bond acceptors (Lipinski definition) is 6. The van der Waals surface area contributed by atoms with E-state index in [1.165, 1.54) is 17.4 Å². The Hall–Kier alpha value is -3.85. The number of rotatable bonds is 10. The van der Waals surface area contributed by atoms with Gasteiger partial charge in [-0.3, -0.25) is 14.2 Å². The Morgan fingerprint density at radius 3 is 2.52 bits per heavy atom. The van der Waals surface area contributed by atoms with E-state index in [1.807, 2.05) is 42.2 Å². The Kier molecular flexibility index (Phi) is 9.01. The first-order chi connectivity index (χ1) is 19.5. The molecule has 0 saturated carbocycles. The van der Waals surface area contributed by atoms with E-state index in [9.17, 15) is 9.59 Å². The largest absolute Gasteiger partial charge is 0.459 e. The molecule has 5 rings (SSSR count). The topological polar surface area (TPSA) is 84.5 Å². The Bertz CT molecular complexity index is 1420. The van der Waals surface area contributed by atoms with Gasteiger partial charge in [-0.2, -0.15) is 0 Å². The van der Waals surface area contributed by atoms with Crippen molar-refractivity contribution in [2.24, 2.45) is 0 Å². The Morgan fingerprint density at radius 2 is 1.77 bits per heavy atom. The predicted octanol–water partition coefficient (Wildman–Crippen LogP) is 5.40. The summed E-state index contributed by atoms with van der Waals surface area (Å²) in [6, 6.07) is 22.0. The summed E-state index contributed by atoms with van der Waals surface area (Å²) in [5.74, 6) is 2.14. The normalized spacial score (nSPS) is 15.4. The summed E-state index contributed by atoms with van der Waals surface area (Å²) < 4.78 is 7.43. The summed E-state index contributed by atoms with van der Waals surface area (Å²) in [6.07, 6.45) is 4.42. The van der Waals surface area contributed by atoms with Crippen molar-refractivity contribution < 1.29 is 14.0 Å². The third-order valence-electron chi connectivity index (χ3n) is 7.25. The molecular weight excluding hydrogens is 522 g/mol. The number of piperazine rings is 1. The van der Waals surface area contributed by atoms with Crippen LogP contribution in [0, 0.1) is 6.92 Å². The molecule has 0 aliphatic carbocycles. The van der Waals surface area contributed by atoms with Gasteiger partial charge in [0.2, 0.25) is 5.91 Å². The summed E-state index contributed by atoms with van der Waals surface area (Å²) in [5.41, 5.74) is 3.46. The molecule has 4 aromatic rings. The van der Waals surface area contributed by atoms with Gasteiger partial charge in [0, 0.05) is 44.3 Å². The van der Waals surface area contributed by atoms with Crippen molar-refractivity contribution in [3.8, 4) is 5.69 Å².